The van der Waals surface area contributed by atoms with Crippen LogP contribution in [0.25, 0.3) is 11.0 Å². The third-order valence-electron chi connectivity index (χ3n) is 4.63. The van der Waals surface area contributed by atoms with Gasteiger partial charge in [-0.1, -0.05) is 43.0 Å². The zero-order valence-corrected chi connectivity index (χ0v) is 17.7. The number of thioether (sulfide) groups is 1. The number of nitrogens with one attached hydrogen (secondary N) is 1. The molecular weight excluding hydrogens is 386 g/mol. The zero-order chi connectivity index (χ0) is 20.8. The second-order valence-electron chi connectivity index (χ2n) is 6.78. The van der Waals surface area contributed by atoms with Crippen LogP contribution < -0.4 is 5.32 Å². The number of hydrogen-bond acceptors (Lipinski definition) is 5. The fraction of sp³-hybridized carbons (Fsp3) is 0.318. The molecule has 0 atom stereocenters. The van der Waals surface area contributed by atoms with Gasteiger partial charge in [-0.15, -0.1) is 0 Å². The van der Waals surface area contributed by atoms with E-state index < -0.39 is 5.97 Å². The highest BCUT2D eigenvalue weighted by Crippen LogP contribution is 2.24. The van der Waals surface area contributed by atoms with Gasteiger partial charge in [-0.25, -0.2) is 4.98 Å². The Hall–Kier alpha value is -2.80. The molecule has 0 bridgehead atoms. The minimum atomic E-state index is -0.443. The number of rotatable bonds is 8. The topological polar surface area (TPSA) is 73.2 Å². The average Bonchev–Trinajstić information content (AvgIpc) is 3.06. The van der Waals surface area contributed by atoms with Crippen molar-refractivity contribution in [2.45, 2.75) is 38.9 Å². The molecule has 6 nitrogen and oxygen atoms in total. The molecule has 3 aromatic rings. The Bertz CT molecular complexity index is 1030. The van der Waals surface area contributed by atoms with Crippen LogP contribution in [0.3, 0.4) is 0 Å². The highest BCUT2D eigenvalue weighted by atomic mass is 32.2. The van der Waals surface area contributed by atoms with E-state index in [4.69, 9.17) is 4.74 Å². The first-order valence-electron chi connectivity index (χ1n) is 9.59. The van der Waals surface area contributed by atoms with E-state index in [1.165, 1.54) is 11.8 Å². The van der Waals surface area contributed by atoms with Crippen molar-refractivity contribution in [3.63, 3.8) is 0 Å². The van der Waals surface area contributed by atoms with Gasteiger partial charge in [0.15, 0.2) is 11.8 Å². The molecule has 0 aliphatic heterocycles. The molecule has 1 N–H and O–H groups in total. The number of aryl methyl sites for hydroxylation is 2. The lowest BCUT2D eigenvalue weighted by Crippen LogP contribution is -2.22. The van der Waals surface area contributed by atoms with Crippen LogP contribution in [0, 0.1) is 13.8 Å². The Morgan fingerprint density at radius 2 is 1.93 bits per heavy atom. The highest BCUT2D eigenvalue weighted by Gasteiger charge is 2.14. The number of imidazole rings is 1. The van der Waals surface area contributed by atoms with Crippen molar-refractivity contribution in [2.24, 2.45) is 0 Å². The summed E-state index contributed by atoms with van der Waals surface area (Å²) in [6.45, 7) is 6.55. The Morgan fingerprint density at radius 3 is 2.72 bits per heavy atom. The van der Waals surface area contributed by atoms with Gasteiger partial charge in [-0.05, 0) is 49.6 Å². The predicted octanol–water partition coefficient (Wildman–Crippen LogP) is 4.34. The second kappa shape index (κ2) is 9.60. The Balaban J connectivity index is 1.54. The summed E-state index contributed by atoms with van der Waals surface area (Å²) in [5.74, 6) is -0.694. The monoisotopic (exact) mass is 411 g/mol. The van der Waals surface area contributed by atoms with Crippen LogP contribution in [0.5, 0.6) is 0 Å². The Kier molecular flexibility index (Phi) is 6.93. The van der Waals surface area contributed by atoms with E-state index in [-0.39, 0.29) is 18.3 Å². The molecule has 1 amide bonds. The number of nitrogens with zero attached hydrogens (tertiary/aromatic N) is 2. The third kappa shape index (κ3) is 5.17. The first kappa shape index (κ1) is 20.9. The number of anilines is 1. The van der Waals surface area contributed by atoms with Gasteiger partial charge >= 0.3 is 5.97 Å². The molecule has 3 rings (SSSR count). The van der Waals surface area contributed by atoms with E-state index in [1.807, 2.05) is 56.3 Å². The van der Waals surface area contributed by atoms with Crippen LogP contribution >= 0.6 is 11.8 Å². The van der Waals surface area contributed by atoms with Crippen molar-refractivity contribution < 1.29 is 14.3 Å². The van der Waals surface area contributed by atoms with Crippen molar-refractivity contribution in [1.82, 2.24) is 9.55 Å². The lowest BCUT2D eigenvalue weighted by atomic mass is 10.1. The van der Waals surface area contributed by atoms with Gasteiger partial charge in [0.2, 0.25) is 0 Å². The van der Waals surface area contributed by atoms with E-state index in [0.29, 0.717) is 0 Å². The van der Waals surface area contributed by atoms with E-state index >= 15 is 0 Å². The molecule has 0 spiro atoms. The molecular formula is C22H25N3O3S. The van der Waals surface area contributed by atoms with Gasteiger partial charge in [-0.3, -0.25) is 9.59 Å². The van der Waals surface area contributed by atoms with Gasteiger partial charge in [0, 0.05) is 12.2 Å². The molecule has 1 heterocycles. The first-order chi connectivity index (χ1) is 14.0. The summed E-state index contributed by atoms with van der Waals surface area (Å²) in [6.07, 6.45) is 0.969. The molecule has 0 aliphatic carbocycles. The van der Waals surface area contributed by atoms with Gasteiger partial charge < -0.3 is 14.6 Å². The Morgan fingerprint density at radius 1 is 1.14 bits per heavy atom. The number of amides is 1. The van der Waals surface area contributed by atoms with Crippen LogP contribution in [0.1, 0.15) is 24.5 Å². The summed E-state index contributed by atoms with van der Waals surface area (Å²) < 4.78 is 7.24. The maximum atomic E-state index is 12.1. The zero-order valence-electron chi connectivity index (χ0n) is 16.9. The molecule has 7 heteroatoms. The lowest BCUT2D eigenvalue weighted by Gasteiger charge is -2.11. The van der Waals surface area contributed by atoms with E-state index in [9.17, 15) is 9.59 Å². The quantitative estimate of drug-likeness (QED) is 0.441. The summed E-state index contributed by atoms with van der Waals surface area (Å²) in [4.78, 5) is 28.8. The second-order valence-corrected chi connectivity index (χ2v) is 7.72. The highest BCUT2D eigenvalue weighted by molar-refractivity contribution is 7.99. The molecule has 29 heavy (non-hydrogen) atoms. The number of hydrogen-bond donors (Lipinski definition) is 1. The smallest absolute Gasteiger partial charge is 0.316 e. The fourth-order valence-electron chi connectivity index (χ4n) is 2.99. The van der Waals surface area contributed by atoms with Crippen LogP contribution in [0.2, 0.25) is 0 Å². The normalized spacial score (nSPS) is 10.9. The average molecular weight is 412 g/mol. The van der Waals surface area contributed by atoms with Gasteiger partial charge in [0.1, 0.15) is 0 Å². The molecule has 1 aromatic heterocycles. The van der Waals surface area contributed by atoms with Crippen molar-refractivity contribution in [2.75, 3.05) is 17.7 Å². The maximum absolute atomic E-state index is 12.1. The maximum Gasteiger partial charge on any atom is 0.316 e. The lowest BCUT2D eigenvalue weighted by molar-refractivity contribution is -0.144. The van der Waals surface area contributed by atoms with Gasteiger partial charge in [0.25, 0.3) is 5.91 Å². The van der Waals surface area contributed by atoms with Crippen LogP contribution in [-0.4, -0.2) is 33.8 Å². The summed E-state index contributed by atoms with van der Waals surface area (Å²) in [6, 6.07) is 13.6. The third-order valence-corrected chi connectivity index (χ3v) is 5.58. The number of carbonyl (C=O) groups excluding carboxylic acids is 2. The number of carbonyl (C=O) groups is 2. The molecule has 0 unspecified atom stereocenters. The van der Waals surface area contributed by atoms with Crippen molar-refractivity contribution in [1.29, 1.82) is 0 Å². The number of fused-ring (bicyclic) bond motifs is 1. The minimum absolute atomic E-state index is 0.101. The SMILES string of the molecule is CCCn1c(SCC(=O)OCC(=O)Nc2cccc(C)c2C)nc2ccccc21. The largest absolute Gasteiger partial charge is 0.455 e. The molecule has 0 saturated heterocycles. The summed E-state index contributed by atoms with van der Waals surface area (Å²) in [5, 5.41) is 3.57. The predicted molar refractivity (Wildman–Crippen MR) is 116 cm³/mol. The van der Waals surface area contributed by atoms with E-state index in [0.717, 1.165) is 46.0 Å². The van der Waals surface area contributed by atoms with Crippen molar-refractivity contribution >= 4 is 40.4 Å². The minimum Gasteiger partial charge on any atom is -0.455 e. The number of ether oxygens (including phenoxy) is 1. The standard InChI is InChI=1S/C22H25N3O3S/c1-4-12-25-19-11-6-5-9-18(19)24-22(25)29-14-21(27)28-13-20(26)23-17-10-7-8-15(2)16(17)3/h5-11H,4,12-14H2,1-3H3,(H,23,26). The number of esters is 1. The molecule has 152 valence electrons. The molecule has 0 saturated carbocycles. The van der Waals surface area contributed by atoms with Crippen molar-refractivity contribution in [3.05, 3.63) is 53.6 Å². The number of para-hydroxylation sites is 2. The van der Waals surface area contributed by atoms with E-state index in [1.54, 1.807) is 0 Å². The fourth-order valence-corrected chi connectivity index (χ4v) is 3.83. The summed E-state index contributed by atoms with van der Waals surface area (Å²) in [5.41, 5.74) is 4.78. The molecule has 0 fully saturated rings. The summed E-state index contributed by atoms with van der Waals surface area (Å²) >= 11 is 1.33. The molecule has 0 aliphatic rings. The first-order valence-corrected chi connectivity index (χ1v) is 10.6. The van der Waals surface area contributed by atoms with Crippen molar-refractivity contribution in [3.8, 4) is 0 Å². The number of aromatic nitrogens is 2. The van der Waals surface area contributed by atoms with Gasteiger partial charge in [-0.2, -0.15) is 0 Å². The van der Waals surface area contributed by atoms with Crippen LogP contribution in [-0.2, 0) is 20.9 Å². The summed E-state index contributed by atoms with van der Waals surface area (Å²) in [7, 11) is 0. The van der Waals surface area contributed by atoms with Crippen LogP contribution in [0.15, 0.2) is 47.6 Å². The number of benzene rings is 2. The van der Waals surface area contributed by atoms with E-state index in [2.05, 4.69) is 21.8 Å². The molecule has 2 aromatic carbocycles. The van der Waals surface area contributed by atoms with Gasteiger partial charge in [0.05, 0.1) is 16.8 Å². The Labute approximate surface area is 174 Å². The van der Waals surface area contributed by atoms with Crippen LogP contribution in [0.4, 0.5) is 5.69 Å². The molecule has 0 radical (unpaired) electrons.